The SMILES string of the molecule is COc1cccc(/C(=C\c2ccccc2)C(=O)OC2CC3CCC(C2)N3C)c1. The minimum atomic E-state index is -0.258. The van der Waals surface area contributed by atoms with Gasteiger partial charge in [-0.3, -0.25) is 0 Å². The van der Waals surface area contributed by atoms with Crippen molar-refractivity contribution in [3.05, 3.63) is 65.7 Å². The monoisotopic (exact) mass is 377 g/mol. The molecule has 2 heterocycles. The molecule has 4 nitrogen and oxygen atoms in total. The summed E-state index contributed by atoms with van der Waals surface area (Å²) in [5.74, 6) is 0.465. The second kappa shape index (κ2) is 8.19. The number of esters is 1. The molecule has 4 heteroatoms. The van der Waals surface area contributed by atoms with E-state index in [0.29, 0.717) is 17.7 Å². The number of nitrogens with zero attached hydrogens (tertiary/aromatic N) is 1. The van der Waals surface area contributed by atoms with E-state index < -0.39 is 0 Å². The van der Waals surface area contributed by atoms with E-state index >= 15 is 0 Å². The Balaban J connectivity index is 1.60. The molecule has 0 saturated carbocycles. The summed E-state index contributed by atoms with van der Waals surface area (Å²) in [6.07, 6.45) is 6.16. The van der Waals surface area contributed by atoms with Crippen molar-refractivity contribution in [3.8, 4) is 5.75 Å². The number of fused-ring (bicyclic) bond motifs is 2. The third-order valence-corrected chi connectivity index (χ3v) is 6.04. The van der Waals surface area contributed by atoms with Crippen LogP contribution in [0.3, 0.4) is 0 Å². The van der Waals surface area contributed by atoms with E-state index in [9.17, 15) is 4.79 Å². The maximum Gasteiger partial charge on any atom is 0.339 e. The fraction of sp³-hybridized carbons (Fsp3) is 0.375. The second-order valence-corrected chi connectivity index (χ2v) is 7.75. The van der Waals surface area contributed by atoms with Crippen LogP contribution in [-0.2, 0) is 9.53 Å². The molecule has 146 valence electrons. The maximum absolute atomic E-state index is 13.2. The van der Waals surface area contributed by atoms with E-state index in [4.69, 9.17) is 9.47 Å². The van der Waals surface area contributed by atoms with E-state index in [1.807, 2.05) is 60.7 Å². The smallest absolute Gasteiger partial charge is 0.339 e. The van der Waals surface area contributed by atoms with Gasteiger partial charge in [-0.25, -0.2) is 4.79 Å². The van der Waals surface area contributed by atoms with Crippen molar-refractivity contribution in [3.63, 3.8) is 0 Å². The largest absolute Gasteiger partial charge is 0.497 e. The van der Waals surface area contributed by atoms with Crippen molar-refractivity contribution in [2.24, 2.45) is 0 Å². The van der Waals surface area contributed by atoms with Gasteiger partial charge >= 0.3 is 5.97 Å². The molecule has 0 spiro atoms. The van der Waals surface area contributed by atoms with Gasteiger partial charge in [0.25, 0.3) is 0 Å². The highest BCUT2D eigenvalue weighted by Crippen LogP contribution is 2.36. The van der Waals surface area contributed by atoms with Crippen LogP contribution < -0.4 is 4.74 Å². The van der Waals surface area contributed by atoms with Gasteiger partial charge in [0.05, 0.1) is 12.7 Å². The van der Waals surface area contributed by atoms with Gasteiger partial charge in [0.2, 0.25) is 0 Å². The maximum atomic E-state index is 13.2. The van der Waals surface area contributed by atoms with Gasteiger partial charge in [0, 0.05) is 24.9 Å². The first-order chi connectivity index (χ1) is 13.6. The number of hydrogen-bond acceptors (Lipinski definition) is 4. The lowest BCUT2D eigenvalue weighted by Gasteiger charge is -2.35. The van der Waals surface area contributed by atoms with Crippen molar-refractivity contribution in [1.82, 2.24) is 4.90 Å². The van der Waals surface area contributed by atoms with Crippen LogP contribution >= 0.6 is 0 Å². The topological polar surface area (TPSA) is 38.8 Å². The number of piperidine rings is 1. The Morgan fingerprint density at radius 3 is 2.43 bits per heavy atom. The molecule has 2 unspecified atom stereocenters. The summed E-state index contributed by atoms with van der Waals surface area (Å²) in [4.78, 5) is 15.6. The number of carbonyl (C=O) groups is 1. The van der Waals surface area contributed by atoms with Crippen molar-refractivity contribution in [1.29, 1.82) is 0 Å². The van der Waals surface area contributed by atoms with E-state index in [2.05, 4.69) is 11.9 Å². The zero-order valence-electron chi connectivity index (χ0n) is 16.5. The fourth-order valence-corrected chi connectivity index (χ4v) is 4.44. The summed E-state index contributed by atoms with van der Waals surface area (Å²) >= 11 is 0. The highest BCUT2D eigenvalue weighted by Gasteiger charge is 2.40. The average molecular weight is 377 g/mol. The number of carbonyl (C=O) groups excluding carboxylic acids is 1. The third kappa shape index (κ3) is 3.97. The predicted molar refractivity (Wildman–Crippen MR) is 111 cm³/mol. The van der Waals surface area contributed by atoms with Crippen molar-refractivity contribution < 1.29 is 14.3 Å². The standard InChI is InChI=1S/C24H27NO3/c1-25-19-11-12-20(25)16-22(15-19)28-24(26)23(13-17-7-4-3-5-8-17)18-9-6-10-21(14-18)27-2/h3-10,13-14,19-20,22H,11-12,15-16H2,1-2H3/b23-13+. The lowest BCUT2D eigenvalue weighted by Crippen LogP contribution is -2.43. The Labute approximate surface area is 166 Å². The van der Waals surface area contributed by atoms with Gasteiger partial charge in [-0.15, -0.1) is 0 Å². The molecule has 2 aliphatic rings. The number of benzene rings is 2. The summed E-state index contributed by atoms with van der Waals surface area (Å²) in [6.45, 7) is 0. The highest BCUT2D eigenvalue weighted by molar-refractivity contribution is 6.21. The molecular formula is C24H27NO3. The molecule has 0 aliphatic carbocycles. The highest BCUT2D eigenvalue weighted by atomic mass is 16.5. The van der Waals surface area contributed by atoms with E-state index in [-0.39, 0.29) is 12.1 Å². The normalized spacial score (nSPS) is 24.8. The minimum absolute atomic E-state index is 0.00835. The van der Waals surface area contributed by atoms with Crippen LogP contribution in [0.5, 0.6) is 5.75 Å². The molecule has 2 fully saturated rings. The molecule has 2 saturated heterocycles. The van der Waals surface area contributed by atoms with E-state index in [1.165, 1.54) is 12.8 Å². The van der Waals surface area contributed by atoms with Crippen LogP contribution in [0.4, 0.5) is 0 Å². The minimum Gasteiger partial charge on any atom is -0.497 e. The molecule has 0 amide bonds. The summed E-state index contributed by atoms with van der Waals surface area (Å²) in [5.41, 5.74) is 2.35. The molecular weight excluding hydrogens is 350 g/mol. The van der Waals surface area contributed by atoms with Gasteiger partial charge < -0.3 is 14.4 Å². The van der Waals surface area contributed by atoms with Crippen LogP contribution in [0.1, 0.15) is 36.8 Å². The molecule has 0 aromatic heterocycles. The molecule has 2 aromatic rings. The Bertz CT molecular complexity index is 847. The molecule has 2 aliphatic heterocycles. The molecule has 4 rings (SSSR count). The summed E-state index contributed by atoms with van der Waals surface area (Å²) < 4.78 is 11.4. The van der Waals surface area contributed by atoms with E-state index in [1.54, 1.807) is 7.11 Å². The number of hydrogen-bond donors (Lipinski definition) is 0. The number of methoxy groups -OCH3 is 1. The molecule has 0 N–H and O–H groups in total. The number of rotatable bonds is 5. The number of ether oxygens (including phenoxy) is 2. The van der Waals surface area contributed by atoms with Gasteiger partial charge in [-0.2, -0.15) is 0 Å². The lowest BCUT2D eigenvalue weighted by atomic mass is 9.99. The van der Waals surface area contributed by atoms with Gasteiger partial charge in [0.15, 0.2) is 0 Å². The first kappa shape index (κ1) is 18.8. The van der Waals surface area contributed by atoms with Crippen LogP contribution in [0.25, 0.3) is 11.6 Å². The Morgan fingerprint density at radius 1 is 1.04 bits per heavy atom. The fourth-order valence-electron chi connectivity index (χ4n) is 4.44. The zero-order chi connectivity index (χ0) is 19.5. The van der Waals surface area contributed by atoms with Gasteiger partial charge in [-0.05, 0) is 49.2 Å². The van der Waals surface area contributed by atoms with Crippen molar-refractivity contribution in [2.75, 3.05) is 14.2 Å². The zero-order valence-corrected chi connectivity index (χ0v) is 16.5. The van der Waals surface area contributed by atoms with Crippen LogP contribution in [0.15, 0.2) is 54.6 Å². The molecule has 0 radical (unpaired) electrons. The molecule has 2 aromatic carbocycles. The molecule has 2 atom stereocenters. The Hall–Kier alpha value is -2.59. The molecule has 2 bridgehead atoms. The Kier molecular flexibility index (Phi) is 5.49. The third-order valence-electron chi connectivity index (χ3n) is 6.04. The average Bonchev–Trinajstić information content (AvgIpc) is 2.93. The van der Waals surface area contributed by atoms with Crippen LogP contribution in [0, 0.1) is 0 Å². The van der Waals surface area contributed by atoms with Crippen LogP contribution in [0.2, 0.25) is 0 Å². The van der Waals surface area contributed by atoms with Crippen molar-refractivity contribution >= 4 is 17.6 Å². The van der Waals surface area contributed by atoms with Gasteiger partial charge in [-0.1, -0.05) is 42.5 Å². The predicted octanol–water partition coefficient (Wildman–Crippen LogP) is 4.40. The summed E-state index contributed by atoms with van der Waals surface area (Å²) in [5, 5.41) is 0. The molecule has 28 heavy (non-hydrogen) atoms. The van der Waals surface area contributed by atoms with E-state index in [0.717, 1.165) is 29.7 Å². The first-order valence-electron chi connectivity index (χ1n) is 9.98. The van der Waals surface area contributed by atoms with Crippen LogP contribution in [-0.4, -0.2) is 43.2 Å². The van der Waals surface area contributed by atoms with Crippen molar-refractivity contribution in [2.45, 2.75) is 43.9 Å². The first-order valence-corrected chi connectivity index (χ1v) is 9.98. The lowest BCUT2D eigenvalue weighted by molar-refractivity contribution is -0.144. The quantitative estimate of drug-likeness (QED) is 0.440. The summed E-state index contributed by atoms with van der Waals surface area (Å²) in [7, 11) is 3.82. The summed E-state index contributed by atoms with van der Waals surface area (Å²) in [6, 6.07) is 18.5. The Morgan fingerprint density at radius 2 is 1.75 bits per heavy atom. The van der Waals surface area contributed by atoms with Gasteiger partial charge in [0.1, 0.15) is 11.9 Å². The second-order valence-electron chi connectivity index (χ2n) is 7.75.